The molecule has 0 unspecified atom stereocenters. The predicted molar refractivity (Wildman–Crippen MR) is 121 cm³/mol. The van der Waals surface area contributed by atoms with Gasteiger partial charge in [0, 0.05) is 27.8 Å². The molecule has 0 aliphatic heterocycles. The van der Waals surface area contributed by atoms with Crippen LogP contribution in [0.1, 0.15) is 21.5 Å². The van der Waals surface area contributed by atoms with Crippen LogP contribution >= 0.6 is 34.8 Å². The minimum absolute atomic E-state index is 0.00295. The number of sulfonamides is 1. The van der Waals surface area contributed by atoms with Gasteiger partial charge in [-0.3, -0.25) is 4.79 Å². The summed E-state index contributed by atoms with van der Waals surface area (Å²) in [6.07, 6.45) is 0. The predicted octanol–water partition coefficient (Wildman–Crippen LogP) is 5.69. The second kappa shape index (κ2) is 9.37. The molecule has 5 nitrogen and oxygen atoms in total. The fraction of sp³-hybridized carbons (Fsp3) is 0.0952. The maximum Gasteiger partial charge on any atom is 0.255 e. The van der Waals surface area contributed by atoms with Crippen molar-refractivity contribution in [2.45, 2.75) is 18.4 Å². The Morgan fingerprint density at radius 2 is 1.70 bits per heavy atom. The molecule has 0 spiro atoms. The topological polar surface area (TPSA) is 75.3 Å². The van der Waals surface area contributed by atoms with Gasteiger partial charge in [-0.05, 0) is 60.5 Å². The molecule has 3 rings (SSSR count). The highest BCUT2D eigenvalue weighted by Crippen LogP contribution is 2.25. The highest BCUT2D eigenvalue weighted by atomic mass is 35.5. The van der Waals surface area contributed by atoms with E-state index in [0.717, 1.165) is 5.56 Å². The zero-order valence-corrected chi connectivity index (χ0v) is 18.8. The van der Waals surface area contributed by atoms with E-state index in [1.54, 1.807) is 18.2 Å². The quantitative estimate of drug-likeness (QED) is 0.473. The molecule has 1 amide bonds. The minimum Gasteiger partial charge on any atom is -0.322 e. The van der Waals surface area contributed by atoms with Crippen LogP contribution in [-0.4, -0.2) is 14.3 Å². The normalized spacial score (nSPS) is 11.3. The van der Waals surface area contributed by atoms with Crippen molar-refractivity contribution in [3.8, 4) is 0 Å². The van der Waals surface area contributed by atoms with E-state index in [1.807, 2.05) is 25.1 Å². The Bertz CT molecular complexity index is 1210. The van der Waals surface area contributed by atoms with Gasteiger partial charge in [0.15, 0.2) is 0 Å². The fourth-order valence-corrected chi connectivity index (χ4v) is 4.70. The lowest BCUT2D eigenvalue weighted by molar-refractivity contribution is 0.102. The van der Waals surface area contributed by atoms with Crippen molar-refractivity contribution in [1.29, 1.82) is 0 Å². The number of aryl methyl sites for hydroxylation is 1. The van der Waals surface area contributed by atoms with Crippen LogP contribution in [0.3, 0.4) is 0 Å². The number of hydrogen-bond acceptors (Lipinski definition) is 3. The lowest BCUT2D eigenvalue weighted by Gasteiger charge is -2.12. The van der Waals surface area contributed by atoms with E-state index >= 15 is 0 Å². The number of hydrogen-bond donors (Lipinski definition) is 2. The van der Waals surface area contributed by atoms with E-state index in [-0.39, 0.29) is 22.0 Å². The molecule has 30 heavy (non-hydrogen) atoms. The van der Waals surface area contributed by atoms with Crippen LogP contribution in [0.4, 0.5) is 5.69 Å². The molecule has 0 fully saturated rings. The molecular formula is C21H17Cl3N2O3S. The summed E-state index contributed by atoms with van der Waals surface area (Å²) in [6.45, 7) is 1.84. The summed E-state index contributed by atoms with van der Waals surface area (Å²) >= 11 is 18.1. The summed E-state index contributed by atoms with van der Waals surface area (Å²) in [5, 5.41) is 3.52. The second-order valence-corrected chi connectivity index (χ2v) is 9.52. The lowest BCUT2D eigenvalue weighted by atomic mass is 10.2. The van der Waals surface area contributed by atoms with Gasteiger partial charge in [0.2, 0.25) is 10.0 Å². The summed E-state index contributed by atoms with van der Waals surface area (Å²) in [4.78, 5) is 12.4. The number of rotatable bonds is 6. The molecule has 0 atom stereocenters. The van der Waals surface area contributed by atoms with Crippen LogP contribution < -0.4 is 10.0 Å². The standard InChI is InChI=1S/C21H17Cl3N2O3S/c1-13-3-2-4-17(9-13)26-21(27)14-6-8-18(23)20(10-14)30(28,29)25-12-15-5-7-16(22)11-19(15)24/h2-11,25H,12H2,1H3,(H,26,27). The van der Waals surface area contributed by atoms with Gasteiger partial charge in [0.05, 0.1) is 5.02 Å². The largest absolute Gasteiger partial charge is 0.322 e. The summed E-state index contributed by atoms with van der Waals surface area (Å²) in [7, 11) is -4.01. The van der Waals surface area contributed by atoms with Crippen molar-refractivity contribution < 1.29 is 13.2 Å². The number of nitrogens with one attached hydrogen (secondary N) is 2. The summed E-state index contributed by atoms with van der Waals surface area (Å²) < 4.78 is 28.0. The van der Waals surface area contributed by atoms with E-state index in [4.69, 9.17) is 34.8 Å². The van der Waals surface area contributed by atoms with E-state index in [1.165, 1.54) is 24.3 Å². The minimum atomic E-state index is -4.01. The van der Waals surface area contributed by atoms with E-state index < -0.39 is 15.9 Å². The lowest BCUT2D eigenvalue weighted by Crippen LogP contribution is -2.24. The number of amides is 1. The zero-order valence-electron chi connectivity index (χ0n) is 15.7. The fourth-order valence-electron chi connectivity index (χ4n) is 2.69. The van der Waals surface area contributed by atoms with Gasteiger partial charge in [-0.15, -0.1) is 0 Å². The Hall–Kier alpha value is -2.09. The first kappa shape index (κ1) is 22.6. The van der Waals surface area contributed by atoms with Crippen LogP contribution in [0, 0.1) is 6.92 Å². The average Bonchev–Trinajstić information content (AvgIpc) is 2.67. The second-order valence-electron chi connectivity index (χ2n) is 6.53. The Kier molecular flexibility index (Phi) is 7.06. The molecule has 3 aromatic carbocycles. The van der Waals surface area contributed by atoms with E-state index in [2.05, 4.69) is 10.0 Å². The molecular weight excluding hydrogens is 467 g/mol. The molecule has 0 saturated carbocycles. The average molecular weight is 484 g/mol. The van der Waals surface area contributed by atoms with Crippen molar-refractivity contribution in [3.63, 3.8) is 0 Å². The highest BCUT2D eigenvalue weighted by molar-refractivity contribution is 7.89. The van der Waals surface area contributed by atoms with Gasteiger partial charge < -0.3 is 5.32 Å². The third kappa shape index (κ3) is 5.53. The van der Waals surface area contributed by atoms with Crippen molar-refractivity contribution in [1.82, 2.24) is 4.72 Å². The van der Waals surface area contributed by atoms with Gasteiger partial charge in [0.1, 0.15) is 4.90 Å². The van der Waals surface area contributed by atoms with Crippen molar-refractivity contribution in [2.24, 2.45) is 0 Å². The molecule has 0 radical (unpaired) electrons. The first-order chi connectivity index (χ1) is 14.2. The molecule has 0 bridgehead atoms. The molecule has 9 heteroatoms. The summed E-state index contributed by atoms with van der Waals surface area (Å²) in [6, 6.07) is 16.1. The first-order valence-electron chi connectivity index (χ1n) is 8.77. The number of carbonyl (C=O) groups is 1. The van der Waals surface area contributed by atoms with Crippen LogP contribution in [-0.2, 0) is 16.6 Å². The molecule has 156 valence electrons. The van der Waals surface area contributed by atoms with Crippen molar-refractivity contribution >= 4 is 56.4 Å². The SMILES string of the molecule is Cc1cccc(NC(=O)c2ccc(Cl)c(S(=O)(=O)NCc3ccc(Cl)cc3Cl)c2)c1. The van der Waals surface area contributed by atoms with Gasteiger partial charge in [0.25, 0.3) is 5.91 Å². The maximum absolute atomic E-state index is 12.8. The number of halogens is 3. The van der Waals surface area contributed by atoms with Crippen molar-refractivity contribution in [2.75, 3.05) is 5.32 Å². The Labute approximate surface area is 190 Å². The molecule has 0 aliphatic carbocycles. The van der Waals surface area contributed by atoms with Gasteiger partial charge in [-0.1, -0.05) is 53.0 Å². The first-order valence-corrected chi connectivity index (χ1v) is 11.4. The van der Waals surface area contributed by atoms with E-state index in [0.29, 0.717) is 21.3 Å². The zero-order chi connectivity index (χ0) is 21.9. The van der Waals surface area contributed by atoms with E-state index in [9.17, 15) is 13.2 Å². The number of anilines is 1. The summed E-state index contributed by atoms with van der Waals surface area (Å²) in [5.41, 5.74) is 2.30. The van der Waals surface area contributed by atoms with Gasteiger partial charge >= 0.3 is 0 Å². The van der Waals surface area contributed by atoms with Crippen LogP contribution in [0.25, 0.3) is 0 Å². The Balaban J connectivity index is 1.81. The molecule has 0 saturated heterocycles. The molecule has 2 N–H and O–H groups in total. The highest BCUT2D eigenvalue weighted by Gasteiger charge is 2.20. The number of benzene rings is 3. The Morgan fingerprint density at radius 1 is 0.933 bits per heavy atom. The van der Waals surface area contributed by atoms with Gasteiger partial charge in [-0.2, -0.15) is 0 Å². The van der Waals surface area contributed by atoms with Crippen molar-refractivity contribution in [3.05, 3.63) is 92.4 Å². The maximum atomic E-state index is 12.8. The van der Waals surface area contributed by atoms with Crippen LogP contribution in [0.15, 0.2) is 65.6 Å². The third-order valence-electron chi connectivity index (χ3n) is 4.23. The molecule has 0 heterocycles. The molecule has 0 aromatic heterocycles. The smallest absolute Gasteiger partial charge is 0.255 e. The Morgan fingerprint density at radius 3 is 2.40 bits per heavy atom. The third-order valence-corrected chi connectivity index (χ3v) is 6.70. The van der Waals surface area contributed by atoms with Crippen LogP contribution in [0.2, 0.25) is 15.1 Å². The molecule has 0 aliphatic rings. The summed E-state index contributed by atoms with van der Waals surface area (Å²) in [5.74, 6) is -0.450. The van der Waals surface area contributed by atoms with Crippen LogP contribution in [0.5, 0.6) is 0 Å². The monoisotopic (exact) mass is 482 g/mol. The van der Waals surface area contributed by atoms with Gasteiger partial charge in [-0.25, -0.2) is 13.1 Å². The number of carbonyl (C=O) groups excluding carboxylic acids is 1. The molecule has 3 aromatic rings.